The van der Waals surface area contributed by atoms with Crippen molar-refractivity contribution in [3.63, 3.8) is 0 Å². The molecule has 0 aromatic heterocycles. The quantitative estimate of drug-likeness (QED) is 0.746. The summed E-state index contributed by atoms with van der Waals surface area (Å²) in [6.45, 7) is 4.29. The summed E-state index contributed by atoms with van der Waals surface area (Å²) in [7, 11) is -3.63. The van der Waals surface area contributed by atoms with Gasteiger partial charge in [-0.1, -0.05) is 37.3 Å². The maximum Gasteiger partial charge on any atom is 0.353 e. The Kier molecular flexibility index (Phi) is 6.13. The van der Waals surface area contributed by atoms with Crippen LogP contribution in [0.15, 0.2) is 42.3 Å². The van der Waals surface area contributed by atoms with Gasteiger partial charge in [0.05, 0.1) is 6.10 Å². The summed E-state index contributed by atoms with van der Waals surface area (Å²) in [6.07, 6.45) is 1.95. The molecule has 0 spiro atoms. The highest BCUT2D eigenvalue weighted by molar-refractivity contribution is 7.56. The SMILES string of the molecule is CCC(C)OP(=O)(O)C=CNCc1ccccc1. The summed E-state index contributed by atoms with van der Waals surface area (Å²) >= 11 is 0. The maximum absolute atomic E-state index is 11.6. The number of hydrogen-bond donors (Lipinski definition) is 2. The van der Waals surface area contributed by atoms with Crippen molar-refractivity contribution in [2.45, 2.75) is 32.9 Å². The van der Waals surface area contributed by atoms with Gasteiger partial charge in [0, 0.05) is 18.6 Å². The van der Waals surface area contributed by atoms with Crippen molar-refractivity contribution in [3.8, 4) is 0 Å². The predicted octanol–water partition coefficient (Wildman–Crippen LogP) is 3.25. The van der Waals surface area contributed by atoms with Gasteiger partial charge in [0.15, 0.2) is 0 Å². The van der Waals surface area contributed by atoms with Crippen LogP contribution < -0.4 is 5.32 Å². The molecule has 1 rings (SSSR count). The first kappa shape index (κ1) is 15.0. The van der Waals surface area contributed by atoms with Crippen LogP contribution in [0, 0.1) is 0 Å². The van der Waals surface area contributed by atoms with Crippen LogP contribution in [0.25, 0.3) is 0 Å². The number of rotatable bonds is 7. The van der Waals surface area contributed by atoms with E-state index in [1.54, 1.807) is 6.92 Å². The van der Waals surface area contributed by atoms with Crippen molar-refractivity contribution in [1.82, 2.24) is 5.32 Å². The van der Waals surface area contributed by atoms with Crippen molar-refractivity contribution < 1.29 is 14.0 Å². The lowest BCUT2D eigenvalue weighted by Crippen LogP contribution is -2.06. The van der Waals surface area contributed by atoms with Gasteiger partial charge in [-0.25, -0.2) is 0 Å². The van der Waals surface area contributed by atoms with E-state index in [0.717, 1.165) is 5.56 Å². The molecule has 0 fully saturated rings. The topological polar surface area (TPSA) is 58.6 Å². The van der Waals surface area contributed by atoms with E-state index in [0.29, 0.717) is 13.0 Å². The molecule has 0 amide bonds. The molecule has 0 aliphatic carbocycles. The van der Waals surface area contributed by atoms with Crippen LogP contribution in [0.1, 0.15) is 25.8 Å². The molecular formula is C13H20NO3P. The molecule has 18 heavy (non-hydrogen) atoms. The van der Waals surface area contributed by atoms with E-state index < -0.39 is 7.60 Å². The van der Waals surface area contributed by atoms with Crippen molar-refractivity contribution in [2.75, 3.05) is 0 Å². The van der Waals surface area contributed by atoms with E-state index in [4.69, 9.17) is 4.52 Å². The molecule has 0 heterocycles. The highest BCUT2D eigenvalue weighted by Gasteiger charge is 2.17. The molecule has 1 aromatic carbocycles. The van der Waals surface area contributed by atoms with Gasteiger partial charge >= 0.3 is 7.60 Å². The van der Waals surface area contributed by atoms with Crippen molar-refractivity contribution >= 4 is 7.60 Å². The summed E-state index contributed by atoms with van der Waals surface area (Å²) in [5.41, 5.74) is 1.11. The van der Waals surface area contributed by atoms with E-state index in [9.17, 15) is 9.46 Å². The van der Waals surface area contributed by atoms with Crippen molar-refractivity contribution in [3.05, 3.63) is 47.9 Å². The summed E-state index contributed by atoms with van der Waals surface area (Å²) in [5, 5.41) is 2.96. The minimum atomic E-state index is -3.63. The Labute approximate surface area is 108 Å². The fraction of sp³-hybridized carbons (Fsp3) is 0.385. The summed E-state index contributed by atoms with van der Waals surface area (Å²) in [5.74, 6) is 1.18. The van der Waals surface area contributed by atoms with Crippen LogP contribution in [0.3, 0.4) is 0 Å². The minimum Gasteiger partial charge on any atom is -0.387 e. The Morgan fingerprint density at radius 1 is 1.44 bits per heavy atom. The summed E-state index contributed by atoms with van der Waals surface area (Å²) in [6, 6.07) is 9.80. The van der Waals surface area contributed by atoms with Crippen LogP contribution in [-0.2, 0) is 15.6 Å². The third kappa shape index (κ3) is 6.01. The predicted molar refractivity (Wildman–Crippen MR) is 73.1 cm³/mol. The normalized spacial score (nSPS) is 16.4. The molecule has 2 N–H and O–H groups in total. The van der Waals surface area contributed by atoms with E-state index in [1.165, 1.54) is 12.0 Å². The smallest absolute Gasteiger partial charge is 0.353 e. The second-order valence-corrected chi connectivity index (χ2v) is 5.71. The highest BCUT2D eigenvalue weighted by atomic mass is 31.2. The fourth-order valence-corrected chi connectivity index (χ4v) is 2.32. The lowest BCUT2D eigenvalue weighted by Gasteiger charge is -2.13. The zero-order chi connectivity index (χ0) is 13.4. The number of nitrogens with one attached hydrogen (secondary N) is 1. The zero-order valence-electron chi connectivity index (χ0n) is 10.7. The fourth-order valence-electron chi connectivity index (χ4n) is 1.29. The Hall–Kier alpha value is -1.09. The Morgan fingerprint density at radius 2 is 2.11 bits per heavy atom. The number of benzene rings is 1. The molecule has 0 aliphatic rings. The second kappa shape index (κ2) is 7.37. The molecule has 2 unspecified atom stereocenters. The molecule has 0 saturated heterocycles. The largest absolute Gasteiger partial charge is 0.387 e. The molecule has 0 radical (unpaired) electrons. The second-order valence-electron chi connectivity index (χ2n) is 4.07. The molecular weight excluding hydrogens is 249 g/mol. The number of hydrogen-bond acceptors (Lipinski definition) is 3. The standard InChI is InChI=1S/C13H20NO3P/c1-3-12(2)17-18(15,16)10-9-14-11-13-7-5-4-6-8-13/h4-10,12,14H,3,11H2,1-2H3,(H,15,16). The van der Waals surface area contributed by atoms with E-state index in [1.807, 2.05) is 37.3 Å². The first-order chi connectivity index (χ1) is 8.53. The Balaban J connectivity index is 2.38. The van der Waals surface area contributed by atoms with E-state index in [-0.39, 0.29) is 6.10 Å². The third-order valence-electron chi connectivity index (χ3n) is 2.44. The van der Waals surface area contributed by atoms with Gasteiger partial charge in [0.2, 0.25) is 0 Å². The Bertz CT molecular complexity index is 420. The molecule has 5 heteroatoms. The highest BCUT2D eigenvalue weighted by Crippen LogP contribution is 2.44. The van der Waals surface area contributed by atoms with E-state index in [2.05, 4.69) is 5.32 Å². The van der Waals surface area contributed by atoms with Crippen LogP contribution in [0.4, 0.5) is 0 Å². The van der Waals surface area contributed by atoms with Crippen LogP contribution in [-0.4, -0.2) is 11.0 Å². The van der Waals surface area contributed by atoms with Gasteiger partial charge in [-0.2, -0.15) is 0 Å². The minimum absolute atomic E-state index is 0.223. The average molecular weight is 269 g/mol. The molecule has 1 aromatic rings. The summed E-state index contributed by atoms with van der Waals surface area (Å²) in [4.78, 5) is 9.52. The van der Waals surface area contributed by atoms with Gasteiger partial charge in [0.1, 0.15) is 0 Å². The summed E-state index contributed by atoms with van der Waals surface area (Å²) < 4.78 is 16.6. The molecule has 100 valence electrons. The van der Waals surface area contributed by atoms with E-state index >= 15 is 0 Å². The maximum atomic E-state index is 11.6. The van der Waals surface area contributed by atoms with Gasteiger partial charge in [-0.15, -0.1) is 0 Å². The third-order valence-corrected chi connectivity index (χ3v) is 3.62. The lowest BCUT2D eigenvalue weighted by atomic mass is 10.2. The molecule has 2 atom stereocenters. The molecule has 0 saturated carbocycles. The lowest BCUT2D eigenvalue weighted by molar-refractivity contribution is 0.191. The van der Waals surface area contributed by atoms with Crippen LogP contribution in [0.5, 0.6) is 0 Å². The monoisotopic (exact) mass is 269 g/mol. The van der Waals surface area contributed by atoms with Crippen LogP contribution in [0.2, 0.25) is 0 Å². The van der Waals surface area contributed by atoms with Crippen molar-refractivity contribution in [1.29, 1.82) is 0 Å². The first-order valence-corrected chi connectivity index (χ1v) is 7.64. The first-order valence-electron chi connectivity index (χ1n) is 5.99. The van der Waals surface area contributed by atoms with Gasteiger partial charge in [-0.3, -0.25) is 4.57 Å². The molecule has 0 bridgehead atoms. The van der Waals surface area contributed by atoms with Crippen LogP contribution >= 0.6 is 7.60 Å². The zero-order valence-corrected chi connectivity index (χ0v) is 11.6. The van der Waals surface area contributed by atoms with Crippen molar-refractivity contribution in [2.24, 2.45) is 0 Å². The molecule has 0 aliphatic heterocycles. The molecule has 4 nitrogen and oxygen atoms in total. The Morgan fingerprint density at radius 3 is 2.72 bits per heavy atom. The average Bonchev–Trinajstić information content (AvgIpc) is 2.35. The van der Waals surface area contributed by atoms with Gasteiger partial charge in [-0.05, 0) is 18.9 Å². The van der Waals surface area contributed by atoms with Gasteiger partial charge < -0.3 is 14.7 Å². The van der Waals surface area contributed by atoms with Gasteiger partial charge in [0.25, 0.3) is 0 Å².